The van der Waals surface area contributed by atoms with Crippen LogP contribution in [0.2, 0.25) is 0 Å². The van der Waals surface area contributed by atoms with Crippen molar-refractivity contribution < 1.29 is 13.9 Å². The number of carbonyl (C=O) groups is 1. The molecule has 1 unspecified atom stereocenters. The Hall–Kier alpha value is -1.76. The summed E-state index contributed by atoms with van der Waals surface area (Å²) in [5, 5.41) is 6.98. The largest absolute Gasteiger partial charge is 0.379 e. The molecule has 3 rings (SSSR count). The van der Waals surface area contributed by atoms with E-state index in [4.69, 9.17) is 4.74 Å². The van der Waals surface area contributed by atoms with Crippen LogP contribution in [0.25, 0.3) is 0 Å². The number of halogens is 1. The van der Waals surface area contributed by atoms with Crippen LogP contribution < -0.4 is 5.32 Å². The van der Waals surface area contributed by atoms with Gasteiger partial charge in [-0.25, -0.2) is 4.39 Å². The molecule has 6 heteroatoms. The number of nitrogens with one attached hydrogen (secondary N) is 1. The number of carbonyl (C=O) groups excluding carboxylic acids is 1. The van der Waals surface area contributed by atoms with Gasteiger partial charge in [0.1, 0.15) is 5.82 Å². The Morgan fingerprint density at radius 3 is 2.67 bits per heavy atom. The highest BCUT2D eigenvalue weighted by Gasteiger charge is 2.23. The molecular weight excluding hydrogens is 327 g/mol. The van der Waals surface area contributed by atoms with Crippen molar-refractivity contribution in [3.05, 3.63) is 58.0 Å². The molecule has 0 bridgehead atoms. The van der Waals surface area contributed by atoms with Gasteiger partial charge in [0.05, 0.1) is 25.7 Å². The fraction of sp³-hybridized carbons (Fsp3) is 0.389. The molecule has 1 saturated heterocycles. The van der Waals surface area contributed by atoms with Crippen molar-refractivity contribution in [2.24, 2.45) is 0 Å². The van der Waals surface area contributed by atoms with Crippen LogP contribution in [0.15, 0.2) is 41.1 Å². The van der Waals surface area contributed by atoms with Gasteiger partial charge >= 0.3 is 0 Å². The zero-order valence-corrected chi connectivity index (χ0v) is 14.2. The van der Waals surface area contributed by atoms with Crippen LogP contribution in [-0.2, 0) is 16.0 Å². The van der Waals surface area contributed by atoms with Crippen molar-refractivity contribution in [3.63, 3.8) is 0 Å². The Bertz CT molecular complexity index is 640. The summed E-state index contributed by atoms with van der Waals surface area (Å²) < 4.78 is 18.6. The number of rotatable bonds is 6. The molecule has 4 nitrogen and oxygen atoms in total. The first-order chi connectivity index (χ1) is 11.7. The van der Waals surface area contributed by atoms with Crippen LogP contribution >= 0.6 is 11.3 Å². The number of hydrogen-bond acceptors (Lipinski definition) is 4. The lowest BCUT2D eigenvalue weighted by atomic mass is 10.0. The van der Waals surface area contributed by atoms with Gasteiger partial charge in [0.2, 0.25) is 5.91 Å². The summed E-state index contributed by atoms with van der Waals surface area (Å²) in [5.41, 5.74) is 2.04. The van der Waals surface area contributed by atoms with E-state index in [1.54, 1.807) is 23.5 Å². The van der Waals surface area contributed by atoms with Crippen LogP contribution in [0.1, 0.15) is 17.2 Å². The van der Waals surface area contributed by atoms with Gasteiger partial charge in [-0.3, -0.25) is 9.69 Å². The normalized spacial score (nSPS) is 16.7. The van der Waals surface area contributed by atoms with Gasteiger partial charge in [-0.05, 0) is 40.1 Å². The van der Waals surface area contributed by atoms with Crippen molar-refractivity contribution in [3.8, 4) is 0 Å². The molecule has 1 aliphatic rings. The molecule has 24 heavy (non-hydrogen) atoms. The number of benzene rings is 1. The molecule has 0 saturated carbocycles. The zero-order chi connectivity index (χ0) is 16.8. The predicted molar refractivity (Wildman–Crippen MR) is 92.6 cm³/mol. The number of ether oxygens (including phenoxy) is 1. The van der Waals surface area contributed by atoms with E-state index in [9.17, 15) is 9.18 Å². The zero-order valence-electron chi connectivity index (χ0n) is 13.4. The molecule has 1 aliphatic heterocycles. The Morgan fingerprint density at radius 1 is 1.25 bits per heavy atom. The molecule has 2 aromatic rings. The Morgan fingerprint density at radius 2 is 2.00 bits per heavy atom. The SMILES string of the molecule is O=C(Cc1ccsc1)NCC(c1ccc(F)cc1)N1CCOCC1. The third-order valence-electron chi connectivity index (χ3n) is 4.18. The molecule has 2 heterocycles. The quantitative estimate of drug-likeness (QED) is 0.873. The highest BCUT2D eigenvalue weighted by atomic mass is 32.1. The maximum Gasteiger partial charge on any atom is 0.224 e. The smallest absolute Gasteiger partial charge is 0.224 e. The minimum Gasteiger partial charge on any atom is -0.379 e. The van der Waals surface area contributed by atoms with Crippen molar-refractivity contribution in [2.45, 2.75) is 12.5 Å². The number of hydrogen-bond donors (Lipinski definition) is 1. The van der Waals surface area contributed by atoms with E-state index in [2.05, 4.69) is 10.2 Å². The molecule has 1 fully saturated rings. The van der Waals surface area contributed by atoms with E-state index in [0.29, 0.717) is 26.2 Å². The molecule has 1 aromatic heterocycles. The molecule has 0 radical (unpaired) electrons. The van der Waals surface area contributed by atoms with Gasteiger partial charge in [-0.15, -0.1) is 0 Å². The third kappa shape index (κ3) is 4.63. The summed E-state index contributed by atoms with van der Waals surface area (Å²) in [7, 11) is 0. The van der Waals surface area contributed by atoms with E-state index in [0.717, 1.165) is 24.2 Å². The predicted octanol–water partition coefficient (Wildman–Crippen LogP) is 2.62. The Kier molecular flexibility index (Phi) is 5.96. The van der Waals surface area contributed by atoms with Gasteiger partial charge in [0.15, 0.2) is 0 Å². The number of thiophene rings is 1. The van der Waals surface area contributed by atoms with E-state index in [-0.39, 0.29) is 17.8 Å². The molecule has 0 aliphatic carbocycles. The molecular formula is C18H21FN2O2S. The average Bonchev–Trinajstić information content (AvgIpc) is 3.10. The first-order valence-corrected chi connectivity index (χ1v) is 9.01. The summed E-state index contributed by atoms with van der Waals surface area (Å²) in [4.78, 5) is 14.5. The number of morpholine rings is 1. The molecule has 128 valence electrons. The maximum absolute atomic E-state index is 13.2. The van der Waals surface area contributed by atoms with E-state index in [1.165, 1.54) is 12.1 Å². The second-order valence-electron chi connectivity index (χ2n) is 5.83. The average molecular weight is 348 g/mol. The van der Waals surface area contributed by atoms with Crippen LogP contribution in [0.3, 0.4) is 0 Å². The lowest BCUT2D eigenvalue weighted by Crippen LogP contribution is -2.44. The summed E-state index contributed by atoms with van der Waals surface area (Å²) in [6.07, 6.45) is 0.392. The van der Waals surface area contributed by atoms with Gasteiger partial charge in [0, 0.05) is 19.6 Å². The summed E-state index contributed by atoms with van der Waals surface area (Å²) >= 11 is 1.59. The van der Waals surface area contributed by atoms with Crippen LogP contribution in [0, 0.1) is 5.82 Å². The van der Waals surface area contributed by atoms with E-state index < -0.39 is 0 Å². The second kappa shape index (κ2) is 8.37. The first-order valence-electron chi connectivity index (χ1n) is 8.07. The molecule has 1 aromatic carbocycles. The second-order valence-corrected chi connectivity index (χ2v) is 6.61. The Balaban J connectivity index is 1.65. The van der Waals surface area contributed by atoms with Crippen molar-refractivity contribution in [1.82, 2.24) is 10.2 Å². The minimum atomic E-state index is -0.249. The lowest BCUT2D eigenvalue weighted by Gasteiger charge is -2.35. The number of nitrogens with zero attached hydrogens (tertiary/aromatic N) is 1. The van der Waals surface area contributed by atoms with Crippen LogP contribution in [0.5, 0.6) is 0 Å². The number of amides is 1. The lowest BCUT2D eigenvalue weighted by molar-refractivity contribution is -0.120. The fourth-order valence-electron chi connectivity index (χ4n) is 2.88. The van der Waals surface area contributed by atoms with Crippen molar-refractivity contribution in [1.29, 1.82) is 0 Å². The highest BCUT2D eigenvalue weighted by molar-refractivity contribution is 7.07. The van der Waals surface area contributed by atoms with Crippen molar-refractivity contribution >= 4 is 17.2 Å². The van der Waals surface area contributed by atoms with E-state index in [1.807, 2.05) is 16.8 Å². The summed E-state index contributed by atoms with van der Waals surface area (Å²) in [6, 6.07) is 8.51. The monoisotopic (exact) mass is 348 g/mol. The van der Waals surface area contributed by atoms with Crippen molar-refractivity contribution in [2.75, 3.05) is 32.8 Å². The molecule has 1 atom stereocenters. The third-order valence-corrected chi connectivity index (χ3v) is 4.91. The fourth-order valence-corrected chi connectivity index (χ4v) is 3.55. The topological polar surface area (TPSA) is 41.6 Å². The van der Waals surface area contributed by atoms with Gasteiger partial charge in [-0.1, -0.05) is 12.1 Å². The Labute approximate surface area is 145 Å². The first kappa shape index (κ1) is 17.1. The van der Waals surface area contributed by atoms with Crippen LogP contribution in [0.4, 0.5) is 4.39 Å². The standard InChI is InChI=1S/C18H21FN2O2S/c19-16-3-1-15(2-4-16)17(21-6-8-23-9-7-21)12-20-18(22)11-14-5-10-24-13-14/h1-5,10,13,17H,6-9,11-12H2,(H,20,22). The van der Waals surface area contributed by atoms with Gasteiger partial charge in [-0.2, -0.15) is 11.3 Å². The molecule has 1 amide bonds. The highest BCUT2D eigenvalue weighted by Crippen LogP contribution is 2.21. The molecule has 0 spiro atoms. The summed E-state index contributed by atoms with van der Waals surface area (Å²) in [5.74, 6) is -0.241. The maximum atomic E-state index is 13.2. The van der Waals surface area contributed by atoms with Gasteiger partial charge in [0.25, 0.3) is 0 Å². The van der Waals surface area contributed by atoms with Crippen LogP contribution in [-0.4, -0.2) is 43.7 Å². The summed E-state index contributed by atoms with van der Waals surface area (Å²) in [6.45, 7) is 3.49. The van der Waals surface area contributed by atoms with Gasteiger partial charge < -0.3 is 10.1 Å². The molecule has 1 N–H and O–H groups in total. The minimum absolute atomic E-state index is 0.00812. The van der Waals surface area contributed by atoms with E-state index >= 15 is 0 Å².